The van der Waals surface area contributed by atoms with Crippen molar-refractivity contribution >= 4 is 0 Å². The second-order valence-corrected chi connectivity index (χ2v) is 4.74. The Labute approximate surface area is 113 Å². The number of aromatic nitrogens is 2. The van der Waals surface area contributed by atoms with E-state index in [-0.39, 0.29) is 0 Å². The third kappa shape index (κ3) is 2.63. The highest BCUT2D eigenvalue weighted by Gasteiger charge is 2.16. The van der Waals surface area contributed by atoms with Gasteiger partial charge in [-0.2, -0.15) is 5.10 Å². The van der Waals surface area contributed by atoms with Crippen LogP contribution in [-0.4, -0.2) is 22.0 Å². The number of methoxy groups -OCH3 is 1. The van der Waals surface area contributed by atoms with Crippen molar-refractivity contribution < 1.29 is 9.84 Å². The topological polar surface area (TPSA) is 47.3 Å². The number of aryl methyl sites for hydroxylation is 1. The van der Waals surface area contributed by atoms with Crippen LogP contribution in [-0.2, 0) is 6.54 Å². The molecule has 2 aromatic rings. The van der Waals surface area contributed by atoms with Crippen molar-refractivity contribution in [2.75, 3.05) is 7.11 Å². The van der Waals surface area contributed by atoms with Gasteiger partial charge in [-0.15, -0.1) is 0 Å². The predicted molar refractivity (Wildman–Crippen MR) is 74.4 cm³/mol. The average Bonchev–Trinajstić information content (AvgIpc) is 2.66. The van der Waals surface area contributed by atoms with Crippen LogP contribution in [0.15, 0.2) is 24.3 Å². The largest absolute Gasteiger partial charge is 0.496 e. The maximum atomic E-state index is 10.4. The van der Waals surface area contributed by atoms with Crippen molar-refractivity contribution in [3.05, 3.63) is 46.8 Å². The van der Waals surface area contributed by atoms with Gasteiger partial charge in [0, 0.05) is 11.3 Å². The zero-order valence-corrected chi connectivity index (χ0v) is 11.8. The normalized spacial score (nSPS) is 12.5. The minimum atomic E-state index is -0.631. The van der Waals surface area contributed by atoms with E-state index in [4.69, 9.17) is 4.74 Å². The highest BCUT2D eigenvalue weighted by atomic mass is 16.5. The van der Waals surface area contributed by atoms with Crippen LogP contribution in [0.1, 0.15) is 28.6 Å². The first-order valence-electron chi connectivity index (χ1n) is 6.36. The lowest BCUT2D eigenvalue weighted by molar-refractivity contribution is 0.147. The van der Waals surface area contributed by atoms with Crippen LogP contribution in [0.5, 0.6) is 5.75 Å². The zero-order chi connectivity index (χ0) is 14.0. The summed E-state index contributed by atoms with van der Waals surface area (Å²) < 4.78 is 7.12. The van der Waals surface area contributed by atoms with E-state index in [1.165, 1.54) is 5.56 Å². The number of rotatable bonds is 4. The van der Waals surface area contributed by atoms with Crippen molar-refractivity contribution in [1.82, 2.24) is 9.78 Å². The van der Waals surface area contributed by atoms with Crippen molar-refractivity contribution in [3.63, 3.8) is 0 Å². The van der Waals surface area contributed by atoms with Gasteiger partial charge in [0.15, 0.2) is 0 Å². The van der Waals surface area contributed by atoms with Gasteiger partial charge >= 0.3 is 0 Å². The summed E-state index contributed by atoms with van der Waals surface area (Å²) in [6, 6.07) is 7.52. The van der Waals surface area contributed by atoms with Crippen LogP contribution in [0.2, 0.25) is 0 Å². The number of aliphatic hydroxyl groups excluding tert-OH is 1. The second kappa shape index (κ2) is 5.45. The van der Waals surface area contributed by atoms with Crippen molar-refractivity contribution in [1.29, 1.82) is 0 Å². The van der Waals surface area contributed by atoms with Gasteiger partial charge in [-0.3, -0.25) is 4.68 Å². The monoisotopic (exact) mass is 260 g/mol. The number of benzene rings is 1. The minimum absolute atomic E-state index is 0.431. The molecular formula is C15H20N2O2. The van der Waals surface area contributed by atoms with Crippen molar-refractivity contribution in [2.24, 2.45) is 0 Å². The lowest BCUT2D eigenvalue weighted by Gasteiger charge is -2.15. The van der Waals surface area contributed by atoms with Gasteiger partial charge in [0.2, 0.25) is 0 Å². The summed E-state index contributed by atoms with van der Waals surface area (Å²) in [5.74, 6) is 0.702. The molecule has 0 fully saturated rings. The van der Waals surface area contributed by atoms with E-state index in [2.05, 4.69) is 5.10 Å². The molecule has 1 N–H and O–H groups in total. The van der Waals surface area contributed by atoms with Gasteiger partial charge in [0.1, 0.15) is 11.9 Å². The summed E-state index contributed by atoms with van der Waals surface area (Å²) in [4.78, 5) is 0. The Morgan fingerprint density at radius 1 is 1.26 bits per heavy atom. The third-order valence-electron chi connectivity index (χ3n) is 3.59. The zero-order valence-electron chi connectivity index (χ0n) is 11.8. The van der Waals surface area contributed by atoms with E-state index in [0.29, 0.717) is 12.3 Å². The average molecular weight is 260 g/mol. The van der Waals surface area contributed by atoms with Gasteiger partial charge in [0.05, 0.1) is 19.3 Å². The molecule has 0 saturated heterocycles. The standard InChI is InChI=1S/C15H20N2O2/c1-10-11(2)16-17(12(10)3)9-14(18)13-7-5-6-8-15(13)19-4/h5-8,14,18H,9H2,1-4H3. The molecule has 1 aromatic heterocycles. The number of aliphatic hydroxyl groups is 1. The van der Waals surface area contributed by atoms with E-state index in [0.717, 1.165) is 17.0 Å². The Bertz CT molecular complexity index is 576. The fraction of sp³-hybridized carbons (Fsp3) is 0.400. The fourth-order valence-electron chi connectivity index (χ4n) is 2.17. The molecule has 0 saturated carbocycles. The van der Waals surface area contributed by atoms with E-state index in [9.17, 15) is 5.11 Å². The molecule has 0 spiro atoms. The Hall–Kier alpha value is -1.81. The van der Waals surface area contributed by atoms with E-state index < -0.39 is 6.10 Å². The molecule has 4 nitrogen and oxygen atoms in total. The van der Waals surface area contributed by atoms with E-state index in [1.54, 1.807) is 7.11 Å². The first-order valence-corrected chi connectivity index (χ1v) is 6.36. The van der Waals surface area contributed by atoms with Crippen LogP contribution < -0.4 is 4.74 Å². The summed E-state index contributed by atoms with van der Waals surface area (Å²) in [7, 11) is 1.61. The number of hydrogen-bond donors (Lipinski definition) is 1. The van der Waals surface area contributed by atoms with Gasteiger partial charge in [-0.05, 0) is 32.4 Å². The Balaban J connectivity index is 2.25. The first-order chi connectivity index (χ1) is 9.04. The molecule has 1 aromatic carbocycles. The third-order valence-corrected chi connectivity index (χ3v) is 3.59. The van der Waals surface area contributed by atoms with Crippen LogP contribution in [0.3, 0.4) is 0 Å². The van der Waals surface area contributed by atoms with Crippen LogP contribution >= 0.6 is 0 Å². The minimum Gasteiger partial charge on any atom is -0.496 e. The summed E-state index contributed by atoms with van der Waals surface area (Å²) in [6.07, 6.45) is -0.631. The molecule has 19 heavy (non-hydrogen) atoms. The number of nitrogens with zero attached hydrogens (tertiary/aromatic N) is 2. The van der Waals surface area contributed by atoms with Crippen LogP contribution in [0.4, 0.5) is 0 Å². The van der Waals surface area contributed by atoms with Crippen molar-refractivity contribution in [3.8, 4) is 5.75 Å². The van der Waals surface area contributed by atoms with Crippen molar-refractivity contribution in [2.45, 2.75) is 33.4 Å². The molecule has 102 valence electrons. The van der Waals surface area contributed by atoms with Crippen LogP contribution in [0.25, 0.3) is 0 Å². The van der Waals surface area contributed by atoms with Gasteiger partial charge in [0.25, 0.3) is 0 Å². The quantitative estimate of drug-likeness (QED) is 0.919. The number of hydrogen-bond acceptors (Lipinski definition) is 3. The number of para-hydroxylation sites is 1. The highest BCUT2D eigenvalue weighted by molar-refractivity contribution is 5.35. The lowest BCUT2D eigenvalue weighted by Crippen LogP contribution is -2.12. The smallest absolute Gasteiger partial charge is 0.124 e. The van der Waals surface area contributed by atoms with Crippen LogP contribution in [0, 0.1) is 20.8 Å². The summed E-state index contributed by atoms with van der Waals surface area (Å²) >= 11 is 0. The molecule has 4 heteroatoms. The fourth-order valence-corrected chi connectivity index (χ4v) is 2.17. The Morgan fingerprint density at radius 3 is 2.53 bits per heavy atom. The summed E-state index contributed by atoms with van der Waals surface area (Å²) in [5, 5.41) is 14.8. The summed E-state index contributed by atoms with van der Waals surface area (Å²) in [5.41, 5.74) is 4.05. The lowest BCUT2D eigenvalue weighted by atomic mass is 10.1. The maximum absolute atomic E-state index is 10.4. The van der Waals surface area contributed by atoms with Gasteiger partial charge < -0.3 is 9.84 Å². The highest BCUT2D eigenvalue weighted by Crippen LogP contribution is 2.26. The molecule has 0 aliphatic carbocycles. The molecule has 0 amide bonds. The predicted octanol–water partition coefficient (Wildman–Crippen LogP) is 2.55. The molecule has 1 unspecified atom stereocenters. The van der Waals surface area contributed by atoms with E-state index >= 15 is 0 Å². The SMILES string of the molecule is COc1ccccc1C(O)Cn1nc(C)c(C)c1C. The molecule has 2 rings (SSSR count). The Kier molecular flexibility index (Phi) is 3.90. The summed E-state index contributed by atoms with van der Waals surface area (Å²) in [6.45, 7) is 6.48. The molecule has 1 heterocycles. The number of ether oxygens (including phenoxy) is 1. The van der Waals surface area contributed by atoms with Gasteiger partial charge in [-0.1, -0.05) is 18.2 Å². The molecule has 1 atom stereocenters. The molecular weight excluding hydrogens is 240 g/mol. The van der Waals surface area contributed by atoms with Gasteiger partial charge in [-0.25, -0.2) is 0 Å². The molecule has 0 radical (unpaired) electrons. The molecule has 0 aliphatic rings. The van der Waals surface area contributed by atoms with E-state index in [1.807, 2.05) is 49.7 Å². The first kappa shape index (κ1) is 13.6. The second-order valence-electron chi connectivity index (χ2n) is 4.74. The molecule has 0 bridgehead atoms. The maximum Gasteiger partial charge on any atom is 0.124 e. The molecule has 0 aliphatic heterocycles. The Morgan fingerprint density at radius 2 is 1.95 bits per heavy atom.